The van der Waals surface area contributed by atoms with Crippen molar-refractivity contribution in [2.24, 2.45) is 5.92 Å². The molecule has 35 heavy (non-hydrogen) atoms. The molecule has 2 heterocycles. The molecule has 0 spiro atoms. The molecule has 3 rings (SSSR count). The summed E-state index contributed by atoms with van der Waals surface area (Å²) < 4.78 is 11.3. The van der Waals surface area contributed by atoms with Gasteiger partial charge in [-0.25, -0.2) is 4.79 Å². The summed E-state index contributed by atoms with van der Waals surface area (Å²) in [5.41, 5.74) is 1.25. The van der Waals surface area contributed by atoms with Crippen LogP contribution in [0.3, 0.4) is 0 Å². The van der Waals surface area contributed by atoms with E-state index < -0.39 is 30.1 Å². The average Bonchev–Trinajstić information content (AvgIpc) is 2.84. The molecular weight excluding hydrogens is 450 g/mol. The summed E-state index contributed by atoms with van der Waals surface area (Å²) in [6, 6.07) is 8.67. The number of ketones is 1. The van der Waals surface area contributed by atoms with Crippen LogP contribution in [-0.4, -0.2) is 57.0 Å². The number of benzene rings is 1. The summed E-state index contributed by atoms with van der Waals surface area (Å²) in [5.74, 6) is -1.64. The molecule has 1 aliphatic heterocycles. The number of esters is 1. The number of hydrogen-bond donors (Lipinski definition) is 3. The van der Waals surface area contributed by atoms with Crippen molar-refractivity contribution in [3.63, 3.8) is 0 Å². The standard InChI is InChI=1S/C27H31NO7/c1-17-11-12-23(30)26(32)22(29)10-5-7-19-15-21(16-24(31)25(19)27(33)35-18(17)2)34-14-6-9-20-8-3-4-13-28-20/h3-5,7-8,11-13,15-18,22,26,29,31-32H,6,9-10,14H2,1-2H3/b7-5+,12-11-/t17-,18+,22+,26+/m1/s1. The van der Waals surface area contributed by atoms with Gasteiger partial charge in [-0.1, -0.05) is 31.2 Å². The zero-order valence-electron chi connectivity index (χ0n) is 19.8. The Labute approximate surface area is 204 Å². The number of phenols is 1. The minimum atomic E-state index is -1.58. The van der Waals surface area contributed by atoms with E-state index in [9.17, 15) is 24.9 Å². The smallest absolute Gasteiger partial charge is 0.342 e. The molecule has 0 amide bonds. The lowest BCUT2D eigenvalue weighted by Gasteiger charge is -2.20. The molecule has 0 aliphatic carbocycles. The van der Waals surface area contributed by atoms with Crippen LogP contribution in [0.1, 0.15) is 48.3 Å². The van der Waals surface area contributed by atoms with Gasteiger partial charge < -0.3 is 24.8 Å². The second kappa shape index (κ2) is 12.3. The Morgan fingerprint density at radius 1 is 1.14 bits per heavy atom. The van der Waals surface area contributed by atoms with Gasteiger partial charge in [-0.15, -0.1) is 0 Å². The molecule has 1 aromatic heterocycles. The lowest BCUT2D eigenvalue weighted by atomic mass is 9.99. The van der Waals surface area contributed by atoms with E-state index in [-0.39, 0.29) is 23.7 Å². The Balaban J connectivity index is 1.82. The number of aliphatic hydroxyl groups is 2. The van der Waals surface area contributed by atoms with Crippen LogP contribution < -0.4 is 4.74 Å². The van der Waals surface area contributed by atoms with E-state index in [0.29, 0.717) is 24.3 Å². The van der Waals surface area contributed by atoms with Gasteiger partial charge in [-0.05, 0) is 56.0 Å². The van der Waals surface area contributed by atoms with Gasteiger partial charge in [0.15, 0.2) is 5.78 Å². The molecule has 0 fully saturated rings. The average molecular weight is 482 g/mol. The number of fused-ring (bicyclic) bond motifs is 1. The molecule has 8 heteroatoms. The summed E-state index contributed by atoms with van der Waals surface area (Å²) in [7, 11) is 0. The molecule has 1 aromatic carbocycles. The minimum absolute atomic E-state index is 0.0340. The number of rotatable bonds is 5. The first kappa shape index (κ1) is 26.1. The molecule has 3 N–H and O–H groups in total. The molecule has 186 valence electrons. The van der Waals surface area contributed by atoms with E-state index in [0.717, 1.165) is 12.1 Å². The molecule has 0 radical (unpaired) electrons. The van der Waals surface area contributed by atoms with Crippen molar-refractivity contribution in [2.75, 3.05) is 6.61 Å². The summed E-state index contributed by atoms with van der Waals surface area (Å²) in [5, 5.41) is 31.0. The maximum Gasteiger partial charge on any atom is 0.342 e. The van der Waals surface area contributed by atoms with E-state index in [1.807, 2.05) is 18.2 Å². The number of hydrogen-bond acceptors (Lipinski definition) is 8. The van der Waals surface area contributed by atoms with Crippen LogP contribution in [0.5, 0.6) is 11.5 Å². The van der Waals surface area contributed by atoms with Crippen LogP contribution in [0.25, 0.3) is 6.08 Å². The highest BCUT2D eigenvalue weighted by Crippen LogP contribution is 2.31. The number of aryl methyl sites for hydroxylation is 1. The third kappa shape index (κ3) is 7.24. The number of nitrogens with zero attached hydrogens (tertiary/aromatic N) is 1. The molecule has 4 atom stereocenters. The van der Waals surface area contributed by atoms with E-state index in [2.05, 4.69) is 4.98 Å². The van der Waals surface area contributed by atoms with E-state index in [1.54, 1.807) is 26.1 Å². The summed E-state index contributed by atoms with van der Waals surface area (Å²) >= 11 is 0. The maximum absolute atomic E-state index is 12.9. The fourth-order valence-corrected chi connectivity index (χ4v) is 3.54. The lowest BCUT2D eigenvalue weighted by Crippen LogP contribution is -2.32. The first-order chi connectivity index (χ1) is 16.8. The van der Waals surface area contributed by atoms with Crippen molar-refractivity contribution in [1.82, 2.24) is 4.98 Å². The number of pyridine rings is 1. The number of aromatic hydroxyl groups is 1. The van der Waals surface area contributed by atoms with Crippen LogP contribution in [0.2, 0.25) is 0 Å². The van der Waals surface area contributed by atoms with Gasteiger partial charge in [-0.3, -0.25) is 9.78 Å². The number of ether oxygens (including phenoxy) is 2. The molecule has 0 bridgehead atoms. The van der Waals surface area contributed by atoms with Gasteiger partial charge in [0.25, 0.3) is 0 Å². The predicted molar refractivity (Wildman–Crippen MR) is 130 cm³/mol. The zero-order valence-corrected chi connectivity index (χ0v) is 19.8. The third-order valence-electron chi connectivity index (χ3n) is 5.83. The molecule has 8 nitrogen and oxygen atoms in total. The Kier molecular flexibility index (Phi) is 9.17. The van der Waals surface area contributed by atoms with Crippen molar-refractivity contribution in [2.45, 2.75) is 51.4 Å². The Bertz CT molecular complexity index is 1080. The number of cyclic esters (lactones) is 1. The van der Waals surface area contributed by atoms with Crippen LogP contribution in [0.4, 0.5) is 0 Å². The van der Waals surface area contributed by atoms with Crippen molar-refractivity contribution < 1.29 is 34.4 Å². The van der Waals surface area contributed by atoms with E-state index in [4.69, 9.17) is 9.47 Å². The molecule has 0 saturated carbocycles. The fraction of sp³-hybridized carbons (Fsp3) is 0.370. The number of carbonyl (C=O) groups excluding carboxylic acids is 2. The van der Waals surface area contributed by atoms with Crippen molar-refractivity contribution in [1.29, 1.82) is 0 Å². The largest absolute Gasteiger partial charge is 0.507 e. The monoisotopic (exact) mass is 481 g/mol. The second-order valence-corrected chi connectivity index (χ2v) is 8.56. The van der Waals surface area contributed by atoms with Gasteiger partial charge >= 0.3 is 5.97 Å². The number of carbonyl (C=O) groups is 2. The Morgan fingerprint density at radius 3 is 2.69 bits per heavy atom. The van der Waals surface area contributed by atoms with Gasteiger partial charge in [0.2, 0.25) is 0 Å². The third-order valence-corrected chi connectivity index (χ3v) is 5.83. The number of aliphatic hydroxyl groups excluding tert-OH is 2. The zero-order chi connectivity index (χ0) is 25.4. The van der Waals surface area contributed by atoms with Crippen LogP contribution >= 0.6 is 0 Å². The highest BCUT2D eigenvalue weighted by atomic mass is 16.5. The van der Waals surface area contributed by atoms with Crippen molar-refractivity contribution in [3.8, 4) is 11.5 Å². The number of phenolic OH excluding ortho intramolecular Hbond substituents is 1. The van der Waals surface area contributed by atoms with Gasteiger partial charge in [0.05, 0.1) is 12.7 Å². The summed E-state index contributed by atoms with van der Waals surface area (Å²) in [6.07, 6.45) is 5.33. The Morgan fingerprint density at radius 2 is 1.94 bits per heavy atom. The lowest BCUT2D eigenvalue weighted by molar-refractivity contribution is -0.127. The predicted octanol–water partition coefficient (Wildman–Crippen LogP) is 3.24. The van der Waals surface area contributed by atoms with Crippen molar-refractivity contribution in [3.05, 3.63) is 71.6 Å². The van der Waals surface area contributed by atoms with Gasteiger partial charge in [-0.2, -0.15) is 0 Å². The molecular formula is C27H31NO7. The fourth-order valence-electron chi connectivity index (χ4n) is 3.54. The summed E-state index contributed by atoms with van der Waals surface area (Å²) in [4.78, 5) is 29.3. The van der Waals surface area contributed by atoms with Crippen LogP contribution in [0, 0.1) is 5.92 Å². The maximum atomic E-state index is 12.9. The van der Waals surface area contributed by atoms with Gasteiger partial charge in [0, 0.05) is 23.9 Å². The topological polar surface area (TPSA) is 126 Å². The SMILES string of the molecule is C[C@@H]1/C=C\C(=O)[C@@H](O)[C@@H](O)C/C=C/c2cc(OCCCc3ccccn3)cc(O)c2C(=O)O[C@H]1C. The first-order valence-corrected chi connectivity index (χ1v) is 11.6. The molecule has 2 aromatic rings. The van der Waals surface area contributed by atoms with E-state index >= 15 is 0 Å². The minimum Gasteiger partial charge on any atom is -0.507 e. The van der Waals surface area contributed by atoms with Crippen molar-refractivity contribution >= 4 is 17.8 Å². The number of aromatic nitrogens is 1. The van der Waals surface area contributed by atoms with E-state index in [1.165, 1.54) is 30.4 Å². The molecule has 0 unspecified atom stereocenters. The second-order valence-electron chi connectivity index (χ2n) is 8.56. The normalized spacial score (nSPS) is 25.1. The van der Waals surface area contributed by atoms with Crippen LogP contribution in [-0.2, 0) is 16.0 Å². The first-order valence-electron chi connectivity index (χ1n) is 11.6. The van der Waals surface area contributed by atoms with Gasteiger partial charge in [0.1, 0.15) is 29.3 Å². The van der Waals surface area contributed by atoms with Crippen LogP contribution in [0.15, 0.2) is 54.8 Å². The summed E-state index contributed by atoms with van der Waals surface area (Å²) in [6.45, 7) is 3.79. The quantitative estimate of drug-likeness (QED) is 0.439. The molecule has 1 aliphatic rings. The molecule has 0 saturated heterocycles. The Hall–Kier alpha value is -3.49. The highest BCUT2D eigenvalue weighted by Gasteiger charge is 2.25. The highest BCUT2D eigenvalue weighted by molar-refractivity contribution is 5.97.